The summed E-state index contributed by atoms with van der Waals surface area (Å²) in [5.41, 5.74) is 1.47. The summed E-state index contributed by atoms with van der Waals surface area (Å²) in [7, 11) is 0. The summed E-state index contributed by atoms with van der Waals surface area (Å²) in [5, 5.41) is 3.40. The lowest BCUT2D eigenvalue weighted by molar-refractivity contribution is 0.0947. The number of amides is 1. The zero-order chi connectivity index (χ0) is 13.8. The van der Waals surface area contributed by atoms with E-state index < -0.39 is 0 Å². The molecule has 1 saturated carbocycles. The molecule has 1 aliphatic carbocycles. The summed E-state index contributed by atoms with van der Waals surface area (Å²) < 4.78 is 0. The molecule has 0 spiro atoms. The van der Waals surface area contributed by atoms with Gasteiger partial charge in [-0.05, 0) is 36.8 Å². The Morgan fingerprint density at radius 3 is 2.74 bits per heavy atom. The van der Waals surface area contributed by atoms with Crippen LogP contribution in [0, 0.1) is 5.92 Å². The summed E-state index contributed by atoms with van der Waals surface area (Å²) >= 11 is 5.97. The van der Waals surface area contributed by atoms with Crippen LogP contribution < -0.4 is 5.32 Å². The molecule has 1 aromatic heterocycles. The molecule has 1 amide bonds. The van der Waals surface area contributed by atoms with E-state index in [-0.39, 0.29) is 11.8 Å². The molecule has 1 aliphatic rings. The number of rotatable bonds is 4. The number of aromatic nitrogens is 1. The van der Waals surface area contributed by atoms with Crippen LogP contribution in [-0.2, 0) is 0 Å². The lowest BCUT2D eigenvalue weighted by atomic mass is 10.1. The van der Waals surface area contributed by atoms with E-state index in [2.05, 4.69) is 10.3 Å². The maximum Gasteiger partial charge on any atom is 0.251 e. The highest BCUT2D eigenvalue weighted by Gasteiger charge is 2.17. The van der Waals surface area contributed by atoms with Crippen molar-refractivity contribution in [3.63, 3.8) is 0 Å². The third-order valence-corrected chi connectivity index (χ3v) is 3.89. The van der Waals surface area contributed by atoms with Crippen molar-refractivity contribution < 1.29 is 4.79 Å². The normalized spacial score (nSPS) is 16.0. The van der Waals surface area contributed by atoms with Crippen LogP contribution in [0.4, 0.5) is 0 Å². The van der Waals surface area contributed by atoms with Gasteiger partial charge in [-0.3, -0.25) is 4.79 Å². The maximum atomic E-state index is 12.1. The predicted octanol–water partition coefficient (Wildman–Crippen LogP) is 3.78. The molecule has 4 heteroatoms. The predicted molar refractivity (Wildman–Crippen MR) is 77.6 cm³/mol. The van der Waals surface area contributed by atoms with Crippen LogP contribution in [0.15, 0.2) is 12.1 Å². The molecule has 0 aliphatic heterocycles. The number of hydrogen-bond acceptors (Lipinski definition) is 2. The van der Waals surface area contributed by atoms with Gasteiger partial charge in [0.05, 0.1) is 0 Å². The van der Waals surface area contributed by atoms with Crippen LogP contribution in [-0.4, -0.2) is 17.4 Å². The van der Waals surface area contributed by atoms with Crippen LogP contribution >= 0.6 is 11.6 Å². The molecular formula is C15H21ClN2O. The Balaban J connectivity index is 2.01. The van der Waals surface area contributed by atoms with Crippen LogP contribution in [0.2, 0.25) is 5.15 Å². The Morgan fingerprint density at radius 1 is 1.42 bits per heavy atom. The van der Waals surface area contributed by atoms with E-state index in [4.69, 9.17) is 11.6 Å². The van der Waals surface area contributed by atoms with Gasteiger partial charge in [-0.1, -0.05) is 38.3 Å². The highest BCUT2D eigenvalue weighted by atomic mass is 35.5. The van der Waals surface area contributed by atoms with Gasteiger partial charge in [0.2, 0.25) is 0 Å². The van der Waals surface area contributed by atoms with E-state index in [1.807, 2.05) is 19.9 Å². The quantitative estimate of drug-likeness (QED) is 0.853. The molecular weight excluding hydrogens is 260 g/mol. The second-order valence-corrected chi connectivity index (χ2v) is 6.01. The van der Waals surface area contributed by atoms with Gasteiger partial charge in [-0.25, -0.2) is 4.98 Å². The average molecular weight is 281 g/mol. The van der Waals surface area contributed by atoms with Gasteiger partial charge in [-0.15, -0.1) is 0 Å². The smallest absolute Gasteiger partial charge is 0.251 e. The molecule has 1 heterocycles. The van der Waals surface area contributed by atoms with Gasteiger partial charge in [0.1, 0.15) is 5.15 Å². The summed E-state index contributed by atoms with van der Waals surface area (Å²) in [4.78, 5) is 16.4. The van der Waals surface area contributed by atoms with Crippen molar-refractivity contribution >= 4 is 17.5 Å². The number of nitrogens with one attached hydrogen (secondary N) is 1. The molecule has 0 radical (unpaired) electrons. The fourth-order valence-corrected chi connectivity index (χ4v) is 2.71. The van der Waals surface area contributed by atoms with E-state index in [0.717, 1.165) is 12.2 Å². The molecule has 3 nitrogen and oxygen atoms in total. The first-order chi connectivity index (χ1) is 9.06. The molecule has 0 atom stereocenters. The first kappa shape index (κ1) is 14.3. The minimum atomic E-state index is -0.0434. The monoisotopic (exact) mass is 280 g/mol. The number of nitrogens with zero attached hydrogens (tertiary/aromatic N) is 1. The van der Waals surface area contributed by atoms with Crippen LogP contribution in [0.1, 0.15) is 61.5 Å². The SMILES string of the molecule is CC(C)c1cc(C(=O)NCC2CCCC2)cc(Cl)n1. The van der Waals surface area contributed by atoms with Crippen molar-refractivity contribution in [3.8, 4) is 0 Å². The minimum absolute atomic E-state index is 0.0434. The largest absolute Gasteiger partial charge is 0.352 e. The lowest BCUT2D eigenvalue weighted by Gasteiger charge is -2.12. The summed E-state index contributed by atoms with van der Waals surface area (Å²) in [6.45, 7) is 4.85. The summed E-state index contributed by atoms with van der Waals surface area (Å²) in [5.74, 6) is 0.865. The number of pyridine rings is 1. The molecule has 1 fully saturated rings. The Hall–Kier alpha value is -1.09. The molecule has 2 rings (SSSR count). The zero-order valence-electron chi connectivity index (χ0n) is 11.6. The highest BCUT2D eigenvalue weighted by molar-refractivity contribution is 6.29. The third kappa shape index (κ3) is 3.93. The maximum absolute atomic E-state index is 12.1. The Labute approximate surface area is 119 Å². The molecule has 0 bridgehead atoms. The van der Waals surface area contributed by atoms with Gasteiger partial charge >= 0.3 is 0 Å². The van der Waals surface area contributed by atoms with Gasteiger partial charge in [0.25, 0.3) is 5.91 Å². The van der Waals surface area contributed by atoms with Crippen molar-refractivity contribution in [2.24, 2.45) is 5.92 Å². The Kier molecular flexibility index (Phi) is 4.81. The van der Waals surface area contributed by atoms with Crippen LogP contribution in [0.3, 0.4) is 0 Å². The first-order valence-electron chi connectivity index (χ1n) is 7.02. The first-order valence-corrected chi connectivity index (χ1v) is 7.39. The summed E-state index contributed by atoms with van der Waals surface area (Å²) in [6, 6.07) is 3.47. The Morgan fingerprint density at radius 2 is 2.11 bits per heavy atom. The second-order valence-electron chi connectivity index (χ2n) is 5.62. The molecule has 0 saturated heterocycles. The molecule has 1 aromatic rings. The van der Waals surface area contributed by atoms with Crippen molar-refractivity contribution in [1.29, 1.82) is 0 Å². The van der Waals surface area contributed by atoms with Gasteiger partial charge in [0, 0.05) is 17.8 Å². The molecule has 1 N–H and O–H groups in total. The van der Waals surface area contributed by atoms with E-state index in [1.165, 1.54) is 25.7 Å². The number of carbonyl (C=O) groups is 1. The molecule has 19 heavy (non-hydrogen) atoms. The van der Waals surface area contributed by atoms with Crippen LogP contribution in [0.25, 0.3) is 0 Å². The number of carbonyl (C=O) groups excluding carboxylic acids is 1. The topological polar surface area (TPSA) is 42.0 Å². The van der Waals surface area contributed by atoms with Crippen LogP contribution in [0.5, 0.6) is 0 Å². The lowest BCUT2D eigenvalue weighted by Crippen LogP contribution is -2.28. The van der Waals surface area contributed by atoms with E-state index >= 15 is 0 Å². The van der Waals surface area contributed by atoms with Crippen molar-refractivity contribution in [1.82, 2.24) is 10.3 Å². The third-order valence-electron chi connectivity index (χ3n) is 3.69. The average Bonchev–Trinajstić information content (AvgIpc) is 2.88. The van der Waals surface area contributed by atoms with E-state index in [1.54, 1.807) is 6.07 Å². The second kappa shape index (κ2) is 6.38. The van der Waals surface area contributed by atoms with Crippen molar-refractivity contribution in [2.45, 2.75) is 45.4 Å². The minimum Gasteiger partial charge on any atom is -0.352 e. The fraction of sp³-hybridized carbons (Fsp3) is 0.600. The zero-order valence-corrected chi connectivity index (χ0v) is 12.3. The molecule has 104 valence electrons. The Bertz CT molecular complexity index is 453. The van der Waals surface area contributed by atoms with E-state index in [9.17, 15) is 4.79 Å². The van der Waals surface area contributed by atoms with Gasteiger partial charge in [0.15, 0.2) is 0 Å². The molecule has 0 unspecified atom stereocenters. The standard InChI is InChI=1S/C15H21ClN2O/c1-10(2)13-7-12(8-14(16)18-13)15(19)17-9-11-5-3-4-6-11/h7-8,10-11H,3-6,9H2,1-2H3,(H,17,19). The molecule has 0 aromatic carbocycles. The van der Waals surface area contributed by atoms with E-state index in [0.29, 0.717) is 16.6 Å². The number of hydrogen-bond donors (Lipinski definition) is 1. The highest BCUT2D eigenvalue weighted by Crippen LogP contribution is 2.24. The van der Waals surface area contributed by atoms with Crippen molar-refractivity contribution in [3.05, 3.63) is 28.5 Å². The van der Waals surface area contributed by atoms with Gasteiger partial charge < -0.3 is 5.32 Å². The summed E-state index contributed by atoms with van der Waals surface area (Å²) in [6.07, 6.45) is 5.04. The van der Waals surface area contributed by atoms with Crippen molar-refractivity contribution in [2.75, 3.05) is 6.54 Å². The fourth-order valence-electron chi connectivity index (χ4n) is 2.50. The van der Waals surface area contributed by atoms with Gasteiger partial charge in [-0.2, -0.15) is 0 Å². The number of halogens is 1.